The standard InChI is InChI=1S/C20H20N2O6/c1-12(2)11-27-14-6-4-13(5-7-14)20(3)18(25)22(19(26)21-20)10-15-8-9-16(28-15)17(23)24/h4-9H,1,10-11H2,2-3H3,(H,21,26)(H,23,24). The number of urea groups is 1. The fourth-order valence-corrected chi connectivity index (χ4v) is 2.86. The number of carboxylic acid groups (broad SMARTS) is 1. The molecule has 1 aliphatic rings. The van der Waals surface area contributed by atoms with Gasteiger partial charge in [0.25, 0.3) is 5.91 Å². The zero-order valence-corrected chi connectivity index (χ0v) is 15.5. The van der Waals surface area contributed by atoms with Crippen molar-refractivity contribution in [3.63, 3.8) is 0 Å². The van der Waals surface area contributed by atoms with Gasteiger partial charge in [-0.3, -0.25) is 9.69 Å². The lowest BCUT2D eigenvalue weighted by Gasteiger charge is -2.22. The third kappa shape index (κ3) is 3.62. The lowest BCUT2D eigenvalue weighted by molar-refractivity contribution is -0.131. The molecule has 2 aromatic rings. The minimum Gasteiger partial charge on any atom is -0.489 e. The predicted molar refractivity (Wildman–Crippen MR) is 98.9 cm³/mol. The summed E-state index contributed by atoms with van der Waals surface area (Å²) in [5, 5.41) is 11.6. The lowest BCUT2D eigenvalue weighted by Crippen LogP contribution is -2.40. The number of hydrogen-bond donors (Lipinski definition) is 2. The first-order valence-corrected chi connectivity index (χ1v) is 8.54. The highest BCUT2D eigenvalue weighted by Gasteiger charge is 2.49. The van der Waals surface area contributed by atoms with Crippen molar-refractivity contribution < 1.29 is 28.6 Å². The van der Waals surface area contributed by atoms with Crippen molar-refractivity contribution in [2.24, 2.45) is 0 Å². The number of ether oxygens (including phenoxy) is 1. The van der Waals surface area contributed by atoms with Crippen LogP contribution in [0.15, 0.2) is 53.0 Å². The van der Waals surface area contributed by atoms with Gasteiger partial charge in [-0.15, -0.1) is 0 Å². The van der Waals surface area contributed by atoms with Crippen molar-refractivity contribution in [3.05, 3.63) is 65.6 Å². The Labute approximate surface area is 161 Å². The highest BCUT2D eigenvalue weighted by molar-refractivity contribution is 6.07. The summed E-state index contributed by atoms with van der Waals surface area (Å²) in [5.41, 5.74) is 0.238. The quantitative estimate of drug-likeness (QED) is 0.561. The summed E-state index contributed by atoms with van der Waals surface area (Å²) in [5.74, 6) is -1.10. The van der Waals surface area contributed by atoms with Crippen LogP contribution in [0.3, 0.4) is 0 Å². The number of nitrogens with zero attached hydrogens (tertiary/aromatic N) is 1. The maximum atomic E-state index is 12.9. The van der Waals surface area contributed by atoms with E-state index in [1.165, 1.54) is 12.1 Å². The molecule has 1 unspecified atom stereocenters. The Morgan fingerprint density at radius 3 is 2.50 bits per heavy atom. The normalized spacial score (nSPS) is 18.9. The third-order valence-electron chi connectivity index (χ3n) is 4.38. The second-order valence-electron chi connectivity index (χ2n) is 6.79. The van der Waals surface area contributed by atoms with E-state index in [0.29, 0.717) is 17.9 Å². The van der Waals surface area contributed by atoms with Crippen molar-refractivity contribution in [2.45, 2.75) is 25.9 Å². The topological polar surface area (TPSA) is 109 Å². The Morgan fingerprint density at radius 1 is 1.25 bits per heavy atom. The number of hydrogen-bond acceptors (Lipinski definition) is 5. The molecule has 28 heavy (non-hydrogen) atoms. The Balaban J connectivity index is 1.77. The average Bonchev–Trinajstić information content (AvgIpc) is 3.20. The molecule has 0 spiro atoms. The van der Waals surface area contributed by atoms with E-state index in [9.17, 15) is 14.4 Å². The molecule has 1 aromatic heterocycles. The molecule has 0 bridgehead atoms. The summed E-state index contributed by atoms with van der Waals surface area (Å²) in [6.45, 7) is 7.47. The molecule has 1 atom stereocenters. The van der Waals surface area contributed by atoms with E-state index in [4.69, 9.17) is 14.3 Å². The molecule has 8 nitrogen and oxygen atoms in total. The Hall–Kier alpha value is -3.55. The van der Waals surface area contributed by atoms with Crippen molar-refractivity contribution >= 4 is 17.9 Å². The van der Waals surface area contributed by atoms with E-state index in [2.05, 4.69) is 11.9 Å². The predicted octanol–water partition coefficient (Wildman–Crippen LogP) is 2.90. The molecule has 3 amide bonds. The number of nitrogens with one attached hydrogen (secondary N) is 1. The van der Waals surface area contributed by atoms with Gasteiger partial charge in [0.1, 0.15) is 23.7 Å². The maximum absolute atomic E-state index is 12.9. The van der Waals surface area contributed by atoms with Crippen LogP contribution in [0.2, 0.25) is 0 Å². The summed E-state index contributed by atoms with van der Waals surface area (Å²) >= 11 is 0. The molecule has 146 valence electrons. The zero-order valence-electron chi connectivity index (χ0n) is 15.5. The fourth-order valence-electron chi connectivity index (χ4n) is 2.86. The van der Waals surface area contributed by atoms with Crippen LogP contribution in [0, 0.1) is 0 Å². The van der Waals surface area contributed by atoms with Crippen molar-refractivity contribution in [3.8, 4) is 5.75 Å². The van der Waals surface area contributed by atoms with Crippen LogP contribution >= 0.6 is 0 Å². The molecular formula is C20H20N2O6. The molecular weight excluding hydrogens is 364 g/mol. The minimum atomic E-state index is -1.24. The molecule has 1 saturated heterocycles. The van der Waals surface area contributed by atoms with E-state index in [0.717, 1.165) is 10.5 Å². The number of carbonyl (C=O) groups is 3. The third-order valence-corrected chi connectivity index (χ3v) is 4.38. The monoisotopic (exact) mass is 384 g/mol. The van der Waals surface area contributed by atoms with Crippen LogP contribution in [0.5, 0.6) is 5.75 Å². The molecule has 1 fully saturated rings. The average molecular weight is 384 g/mol. The highest BCUT2D eigenvalue weighted by atomic mass is 16.5. The van der Waals surface area contributed by atoms with Crippen molar-refractivity contribution in [1.29, 1.82) is 0 Å². The lowest BCUT2D eigenvalue weighted by atomic mass is 9.92. The smallest absolute Gasteiger partial charge is 0.371 e. The van der Waals surface area contributed by atoms with Gasteiger partial charge in [-0.1, -0.05) is 18.7 Å². The Kier molecular flexibility index (Phi) is 4.96. The number of carbonyl (C=O) groups excluding carboxylic acids is 2. The number of aromatic carboxylic acids is 1. The largest absolute Gasteiger partial charge is 0.489 e. The molecule has 2 N–H and O–H groups in total. The van der Waals surface area contributed by atoms with E-state index < -0.39 is 23.4 Å². The van der Waals surface area contributed by atoms with E-state index in [1.54, 1.807) is 31.2 Å². The van der Waals surface area contributed by atoms with Crippen LogP contribution in [0.25, 0.3) is 0 Å². The van der Waals surface area contributed by atoms with Crippen molar-refractivity contribution in [1.82, 2.24) is 10.2 Å². The van der Waals surface area contributed by atoms with E-state index in [-0.39, 0.29) is 18.1 Å². The molecule has 2 heterocycles. The van der Waals surface area contributed by atoms with Gasteiger partial charge in [0.2, 0.25) is 5.76 Å². The SMILES string of the molecule is C=C(C)COc1ccc(C2(C)NC(=O)N(Cc3ccc(C(=O)O)o3)C2=O)cc1. The van der Waals surface area contributed by atoms with E-state index >= 15 is 0 Å². The van der Waals surface area contributed by atoms with Gasteiger partial charge in [-0.25, -0.2) is 9.59 Å². The van der Waals surface area contributed by atoms with Crippen LogP contribution in [0.1, 0.15) is 35.7 Å². The van der Waals surface area contributed by atoms with Crippen LogP contribution in [-0.2, 0) is 16.9 Å². The number of rotatable bonds is 7. The van der Waals surface area contributed by atoms with Crippen LogP contribution in [-0.4, -0.2) is 34.5 Å². The molecule has 1 aliphatic heterocycles. The molecule has 0 saturated carbocycles. The summed E-state index contributed by atoms with van der Waals surface area (Å²) < 4.78 is 10.7. The number of amides is 3. The van der Waals surface area contributed by atoms with Gasteiger partial charge in [0.05, 0.1) is 6.54 Å². The molecule has 8 heteroatoms. The zero-order chi connectivity index (χ0) is 20.5. The van der Waals surface area contributed by atoms with Gasteiger partial charge in [-0.05, 0) is 49.2 Å². The summed E-state index contributed by atoms with van der Waals surface area (Å²) in [7, 11) is 0. The first-order valence-electron chi connectivity index (χ1n) is 8.54. The fraction of sp³-hybridized carbons (Fsp3) is 0.250. The number of benzene rings is 1. The van der Waals surface area contributed by atoms with Crippen LogP contribution in [0.4, 0.5) is 4.79 Å². The first-order chi connectivity index (χ1) is 13.2. The molecule has 1 aromatic carbocycles. The van der Waals surface area contributed by atoms with Gasteiger partial charge >= 0.3 is 12.0 Å². The van der Waals surface area contributed by atoms with Crippen molar-refractivity contribution in [2.75, 3.05) is 6.61 Å². The summed E-state index contributed by atoms with van der Waals surface area (Å²) in [6, 6.07) is 8.99. The first kappa shape index (κ1) is 19.2. The molecule has 3 rings (SSSR count). The second kappa shape index (κ2) is 7.22. The highest BCUT2D eigenvalue weighted by Crippen LogP contribution is 2.31. The number of furan rings is 1. The van der Waals surface area contributed by atoms with Gasteiger partial charge in [0.15, 0.2) is 0 Å². The number of carboxylic acids is 1. The summed E-state index contributed by atoms with van der Waals surface area (Å²) in [4.78, 5) is 37.2. The number of imide groups is 1. The van der Waals surface area contributed by atoms with Gasteiger partial charge in [0, 0.05) is 0 Å². The molecule has 0 radical (unpaired) electrons. The molecule has 0 aliphatic carbocycles. The van der Waals surface area contributed by atoms with Gasteiger partial charge < -0.3 is 19.6 Å². The summed E-state index contributed by atoms with van der Waals surface area (Å²) in [6.07, 6.45) is 0. The Morgan fingerprint density at radius 2 is 1.93 bits per heavy atom. The minimum absolute atomic E-state index is 0.159. The van der Waals surface area contributed by atoms with Gasteiger partial charge in [-0.2, -0.15) is 0 Å². The second-order valence-corrected chi connectivity index (χ2v) is 6.79. The Bertz CT molecular complexity index is 946. The van der Waals surface area contributed by atoms with E-state index in [1.807, 2.05) is 6.92 Å². The maximum Gasteiger partial charge on any atom is 0.371 e. The van der Waals surface area contributed by atoms with Crippen LogP contribution < -0.4 is 10.1 Å².